The second-order valence-electron chi connectivity index (χ2n) is 6.33. The van der Waals surface area contributed by atoms with Crippen molar-refractivity contribution < 1.29 is 18.0 Å². The van der Waals surface area contributed by atoms with Crippen LogP contribution in [0.25, 0.3) is 0 Å². The number of anilines is 2. The average molecular weight is 480 g/mol. The first-order chi connectivity index (χ1) is 14.7. The molecule has 2 aromatic carbocycles. The summed E-state index contributed by atoms with van der Waals surface area (Å²) in [4.78, 5) is 27.7. The minimum atomic E-state index is -3.79. The number of hydrogen-bond donors (Lipinski definition) is 4. The van der Waals surface area contributed by atoms with Crippen molar-refractivity contribution in [2.75, 3.05) is 10.0 Å². The molecule has 9 nitrogen and oxygen atoms in total. The molecule has 0 fully saturated rings. The molecule has 1 aromatic heterocycles. The Morgan fingerprint density at radius 3 is 2.35 bits per heavy atom. The first-order valence-corrected chi connectivity index (χ1v) is 11.6. The summed E-state index contributed by atoms with van der Waals surface area (Å²) in [6, 6.07) is 10.9. The fourth-order valence-electron chi connectivity index (χ4n) is 2.68. The number of amides is 3. The number of nitrogens with one attached hydrogen (secondary N) is 3. The Kier molecular flexibility index (Phi) is 7.10. The Bertz CT molecular complexity index is 1150. The summed E-state index contributed by atoms with van der Waals surface area (Å²) in [6.07, 6.45) is 1.40. The van der Waals surface area contributed by atoms with Gasteiger partial charge in [-0.05, 0) is 42.0 Å². The molecule has 3 aromatic rings. The Hall–Kier alpha value is -3.15. The minimum Gasteiger partial charge on any atom is -0.352 e. The van der Waals surface area contributed by atoms with Crippen LogP contribution >= 0.6 is 22.9 Å². The molecule has 0 radical (unpaired) electrons. The highest BCUT2D eigenvalue weighted by atomic mass is 35.5. The number of urea groups is 1. The van der Waals surface area contributed by atoms with Crippen LogP contribution in [0.3, 0.4) is 0 Å². The van der Waals surface area contributed by atoms with E-state index >= 15 is 0 Å². The monoisotopic (exact) mass is 479 g/mol. The van der Waals surface area contributed by atoms with Crippen molar-refractivity contribution in [2.45, 2.75) is 17.4 Å². The van der Waals surface area contributed by atoms with Crippen LogP contribution in [-0.2, 0) is 14.8 Å². The normalized spacial score (nSPS) is 12.0. The molecule has 5 N–H and O–H groups in total. The molecule has 0 spiro atoms. The van der Waals surface area contributed by atoms with E-state index in [-0.39, 0.29) is 16.4 Å². The number of primary amides is 1. The lowest BCUT2D eigenvalue weighted by atomic mass is 10.0. The minimum absolute atomic E-state index is 0.0233. The summed E-state index contributed by atoms with van der Waals surface area (Å²) < 4.78 is 27.1. The van der Waals surface area contributed by atoms with E-state index in [1.807, 2.05) is 0 Å². The van der Waals surface area contributed by atoms with E-state index in [9.17, 15) is 18.0 Å². The number of hydrogen-bond acceptors (Lipinski definition) is 6. The van der Waals surface area contributed by atoms with Crippen molar-refractivity contribution in [3.05, 3.63) is 70.7 Å². The van der Waals surface area contributed by atoms with Crippen molar-refractivity contribution in [2.24, 2.45) is 5.73 Å². The maximum absolute atomic E-state index is 12.5. The number of carbonyl (C=O) groups is 2. The molecule has 0 saturated carbocycles. The summed E-state index contributed by atoms with van der Waals surface area (Å²) in [5.74, 6) is -0.398. The van der Waals surface area contributed by atoms with Crippen LogP contribution in [0.5, 0.6) is 0 Å². The lowest BCUT2D eigenvalue weighted by Crippen LogP contribution is -2.35. The topological polar surface area (TPSA) is 143 Å². The summed E-state index contributed by atoms with van der Waals surface area (Å²) in [6.45, 7) is 0. The van der Waals surface area contributed by atoms with E-state index in [0.29, 0.717) is 16.3 Å². The Balaban J connectivity index is 1.66. The van der Waals surface area contributed by atoms with Gasteiger partial charge in [0, 0.05) is 22.3 Å². The molecule has 0 bridgehead atoms. The fraction of sp³-hybridized carbons (Fsp3) is 0.105. The van der Waals surface area contributed by atoms with Crippen molar-refractivity contribution in [3.8, 4) is 0 Å². The lowest BCUT2D eigenvalue weighted by molar-refractivity contribution is -0.116. The molecule has 3 rings (SSSR count). The zero-order valence-electron chi connectivity index (χ0n) is 15.9. The molecule has 3 amide bonds. The van der Waals surface area contributed by atoms with E-state index in [0.717, 1.165) is 11.3 Å². The van der Waals surface area contributed by atoms with E-state index in [1.54, 1.807) is 29.6 Å². The van der Waals surface area contributed by atoms with Gasteiger partial charge in [-0.1, -0.05) is 23.7 Å². The van der Waals surface area contributed by atoms with Gasteiger partial charge in [0.15, 0.2) is 5.13 Å². The van der Waals surface area contributed by atoms with E-state index < -0.39 is 28.0 Å². The van der Waals surface area contributed by atoms with Gasteiger partial charge in [-0.15, -0.1) is 11.3 Å². The molecule has 0 unspecified atom stereocenters. The van der Waals surface area contributed by atoms with Gasteiger partial charge < -0.3 is 16.4 Å². The Labute approximate surface area is 187 Å². The standard InChI is InChI=1S/C19H18ClN5O4S2/c20-13-3-1-12(2-4-13)16(24-18(21)27)11-17(26)23-14-5-7-15(8-6-14)31(28,29)25-19-22-9-10-30-19/h1-10,16H,11H2,(H,22,25)(H,23,26)(H3,21,24,27)/t16-/m1/s1. The zero-order chi connectivity index (χ0) is 22.4. The van der Waals surface area contributed by atoms with Gasteiger partial charge in [0.25, 0.3) is 10.0 Å². The van der Waals surface area contributed by atoms with Crippen LogP contribution in [0, 0.1) is 0 Å². The molecule has 1 atom stereocenters. The van der Waals surface area contributed by atoms with Gasteiger partial charge in [0.1, 0.15) is 0 Å². The van der Waals surface area contributed by atoms with Gasteiger partial charge in [0.05, 0.1) is 17.4 Å². The van der Waals surface area contributed by atoms with Crippen LogP contribution in [0.15, 0.2) is 65.0 Å². The van der Waals surface area contributed by atoms with Gasteiger partial charge >= 0.3 is 6.03 Å². The SMILES string of the molecule is NC(=O)N[C@H](CC(=O)Nc1ccc(S(=O)(=O)Nc2nccs2)cc1)c1ccc(Cl)cc1. The van der Waals surface area contributed by atoms with Crippen molar-refractivity contribution in [1.29, 1.82) is 0 Å². The van der Waals surface area contributed by atoms with Crippen LogP contribution in [0.2, 0.25) is 5.02 Å². The van der Waals surface area contributed by atoms with Crippen molar-refractivity contribution in [3.63, 3.8) is 0 Å². The van der Waals surface area contributed by atoms with Crippen LogP contribution < -0.4 is 21.1 Å². The number of carbonyl (C=O) groups excluding carboxylic acids is 2. The zero-order valence-corrected chi connectivity index (χ0v) is 18.3. The van der Waals surface area contributed by atoms with Crippen LogP contribution in [0.4, 0.5) is 15.6 Å². The van der Waals surface area contributed by atoms with Crippen molar-refractivity contribution in [1.82, 2.24) is 10.3 Å². The predicted molar refractivity (Wildman–Crippen MR) is 120 cm³/mol. The molecular weight excluding hydrogens is 462 g/mol. The first-order valence-electron chi connectivity index (χ1n) is 8.86. The fourth-order valence-corrected chi connectivity index (χ4v) is 4.60. The molecule has 1 heterocycles. The maximum Gasteiger partial charge on any atom is 0.312 e. The smallest absolute Gasteiger partial charge is 0.312 e. The average Bonchev–Trinajstić information content (AvgIpc) is 3.20. The quantitative estimate of drug-likeness (QED) is 0.391. The second-order valence-corrected chi connectivity index (χ2v) is 9.35. The maximum atomic E-state index is 12.5. The number of benzene rings is 2. The van der Waals surface area contributed by atoms with Gasteiger partial charge in [-0.25, -0.2) is 18.2 Å². The van der Waals surface area contributed by atoms with Crippen molar-refractivity contribution >= 4 is 55.7 Å². The molecule has 0 aliphatic carbocycles. The highest BCUT2D eigenvalue weighted by Crippen LogP contribution is 2.22. The van der Waals surface area contributed by atoms with E-state index in [2.05, 4.69) is 20.3 Å². The third-order valence-electron chi connectivity index (χ3n) is 4.08. The number of sulfonamides is 1. The molecule has 0 aliphatic rings. The molecule has 162 valence electrons. The molecular formula is C19H18ClN5O4S2. The summed E-state index contributed by atoms with van der Waals surface area (Å²) in [7, 11) is -3.79. The number of nitrogens with two attached hydrogens (primary N) is 1. The molecule has 12 heteroatoms. The summed E-state index contributed by atoms with van der Waals surface area (Å²) >= 11 is 7.04. The second kappa shape index (κ2) is 9.77. The lowest BCUT2D eigenvalue weighted by Gasteiger charge is -2.18. The Morgan fingerprint density at radius 2 is 1.77 bits per heavy atom. The first kappa shape index (κ1) is 22.5. The van der Waals surface area contributed by atoms with Crippen LogP contribution in [-0.4, -0.2) is 25.3 Å². The summed E-state index contributed by atoms with van der Waals surface area (Å²) in [5, 5.41) is 7.62. The van der Waals surface area contributed by atoms with E-state index in [1.165, 1.54) is 30.5 Å². The highest BCUT2D eigenvalue weighted by Gasteiger charge is 2.19. The molecule has 0 aliphatic heterocycles. The highest BCUT2D eigenvalue weighted by molar-refractivity contribution is 7.93. The van der Waals surface area contributed by atoms with Gasteiger partial charge in [-0.2, -0.15) is 0 Å². The van der Waals surface area contributed by atoms with Gasteiger partial charge in [-0.3, -0.25) is 9.52 Å². The largest absolute Gasteiger partial charge is 0.352 e. The third kappa shape index (κ3) is 6.41. The number of nitrogens with zero attached hydrogens (tertiary/aromatic N) is 1. The number of thiazole rings is 1. The van der Waals surface area contributed by atoms with E-state index in [4.69, 9.17) is 17.3 Å². The van der Waals surface area contributed by atoms with Gasteiger partial charge in [0.2, 0.25) is 5.91 Å². The predicted octanol–water partition coefficient (Wildman–Crippen LogP) is 3.34. The molecule has 0 saturated heterocycles. The number of rotatable bonds is 8. The van der Waals surface area contributed by atoms with Crippen LogP contribution in [0.1, 0.15) is 18.0 Å². The number of aromatic nitrogens is 1. The third-order valence-corrected chi connectivity index (χ3v) is 6.51. The summed E-state index contributed by atoms with van der Waals surface area (Å²) in [5.41, 5.74) is 6.28. The number of halogens is 1. The Morgan fingerprint density at radius 1 is 1.10 bits per heavy atom. The molecule has 31 heavy (non-hydrogen) atoms.